The third kappa shape index (κ3) is 3.18. The highest BCUT2D eigenvalue weighted by Crippen LogP contribution is 2.34. The van der Waals surface area contributed by atoms with Crippen LogP contribution in [0.5, 0.6) is 0 Å². The van der Waals surface area contributed by atoms with E-state index < -0.39 is 0 Å². The molecule has 108 valence electrons. The molecule has 1 unspecified atom stereocenters. The Morgan fingerprint density at radius 1 is 1.10 bits per heavy atom. The number of hydrogen-bond donors (Lipinski definition) is 1. The summed E-state index contributed by atoms with van der Waals surface area (Å²) in [5, 5.41) is 2.98. The average Bonchev–Trinajstić information content (AvgIpc) is 2.66. The molecular weight excluding hydrogens is 326 g/mol. The number of anilines is 1. The third-order valence-electron chi connectivity index (χ3n) is 3.88. The second kappa shape index (κ2) is 6.02. The normalized spacial score (nSPS) is 15.8. The Balaban J connectivity index is 1.93. The summed E-state index contributed by atoms with van der Waals surface area (Å²) in [6.45, 7) is 2.11. The number of benzene rings is 2. The van der Waals surface area contributed by atoms with Crippen LogP contribution in [0.3, 0.4) is 0 Å². The van der Waals surface area contributed by atoms with Gasteiger partial charge >= 0.3 is 0 Å². The number of carbonyl (C=O) groups excluding carboxylic acids is 1. The van der Waals surface area contributed by atoms with Gasteiger partial charge in [0.25, 0.3) is 0 Å². The van der Waals surface area contributed by atoms with Crippen molar-refractivity contribution in [2.75, 3.05) is 5.32 Å². The number of amides is 1. The molecule has 2 nitrogen and oxygen atoms in total. The van der Waals surface area contributed by atoms with E-state index >= 15 is 0 Å². The molecule has 3 heteroatoms. The Labute approximate surface area is 133 Å². The predicted octanol–water partition coefficient (Wildman–Crippen LogP) is 4.75. The molecule has 2 aromatic carbocycles. The molecular formula is C18H18BrNO. The van der Waals surface area contributed by atoms with E-state index in [0.29, 0.717) is 6.42 Å². The lowest BCUT2D eigenvalue weighted by Gasteiger charge is -2.15. The van der Waals surface area contributed by atoms with Crippen molar-refractivity contribution >= 4 is 27.5 Å². The van der Waals surface area contributed by atoms with E-state index in [2.05, 4.69) is 64.6 Å². The fourth-order valence-electron chi connectivity index (χ4n) is 2.77. The first-order valence-corrected chi connectivity index (χ1v) is 8.18. The molecule has 0 bridgehead atoms. The highest BCUT2D eigenvalue weighted by molar-refractivity contribution is 9.09. The van der Waals surface area contributed by atoms with Crippen LogP contribution in [0.1, 0.15) is 39.9 Å². The first-order valence-electron chi connectivity index (χ1n) is 7.27. The third-order valence-corrected chi connectivity index (χ3v) is 4.94. The number of alkyl halides is 1. The van der Waals surface area contributed by atoms with Gasteiger partial charge in [-0.2, -0.15) is 0 Å². The van der Waals surface area contributed by atoms with Crippen LogP contribution in [0.15, 0.2) is 42.5 Å². The number of carbonyl (C=O) groups is 1. The van der Waals surface area contributed by atoms with Gasteiger partial charge in [0.15, 0.2) is 0 Å². The topological polar surface area (TPSA) is 29.1 Å². The monoisotopic (exact) mass is 343 g/mol. The molecule has 1 N–H and O–H groups in total. The molecule has 0 aromatic heterocycles. The quantitative estimate of drug-likeness (QED) is 0.783. The zero-order valence-corrected chi connectivity index (χ0v) is 13.6. The van der Waals surface area contributed by atoms with Crippen molar-refractivity contribution in [3.05, 3.63) is 64.7 Å². The number of hydrogen-bond acceptors (Lipinski definition) is 1. The smallest absolute Gasteiger partial charge is 0.224 e. The van der Waals surface area contributed by atoms with Crippen LogP contribution in [0.4, 0.5) is 5.69 Å². The van der Waals surface area contributed by atoms with Crippen molar-refractivity contribution in [3.8, 4) is 0 Å². The standard InChI is InChI=1S/C18H18BrNO/c1-12-4-2-6-14(10-12)18(19)15-8-9-16-13(11-15)5-3-7-17(21)20-16/h2,4,6,8-11,18H,3,5,7H2,1H3,(H,20,21). The van der Waals surface area contributed by atoms with Crippen LogP contribution < -0.4 is 5.32 Å². The van der Waals surface area contributed by atoms with Crippen LogP contribution in [-0.2, 0) is 11.2 Å². The number of nitrogens with one attached hydrogen (secondary N) is 1. The van der Waals surface area contributed by atoms with E-state index in [-0.39, 0.29) is 10.7 Å². The van der Waals surface area contributed by atoms with Gasteiger partial charge < -0.3 is 5.32 Å². The summed E-state index contributed by atoms with van der Waals surface area (Å²) in [4.78, 5) is 11.8. The fraction of sp³-hybridized carbons (Fsp3) is 0.278. The zero-order valence-electron chi connectivity index (χ0n) is 12.0. The lowest BCUT2D eigenvalue weighted by molar-refractivity contribution is -0.116. The maximum Gasteiger partial charge on any atom is 0.224 e. The van der Waals surface area contributed by atoms with E-state index in [0.717, 1.165) is 18.5 Å². The maximum atomic E-state index is 11.6. The van der Waals surface area contributed by atoms with Gasteiger partial charge in [-0.1, -0.05) is 57.9 Å². The summed E-state index contributed by atoms with van der Waals surface area (Å²) >= 11 is 3.80. The Morgan fingerprint density at radius 2 is 1.90 bits per heavy atom. The summed E-state index contributed by atoms with van der Waals surface area (Å²) in [6, 6.07) is 14.9. The Morgan fingerprint density at radius 3 is 2.71 bits per heavy atom. The van der Waals surface area contributed by atoms with Crippen molar-refractivity contribution < 1.29 is 4.79 Å². The summed E-state index contributed by atoms with van der Waals surface area (Å²) in [7, 11) is 0. The summed E-state index contributed by atoms with van der Waals surface area (Å²) in [5.41, 5.74) is 5.95. The number of rotatable bonds is 2. The van der Waals surface area contributed by atoms with E-state index in [1.807, 2.05) is 6.07 Å². The van der Waals surface area contributed by atoms with E-state index in [4.69, 9.17) is 0 Å². The second-order valence-electron chi connectivity index (χ2n) is 5.60. The van der Waals surface area contributed by atoms with Gasteiger partial charge in [-0.15, -0.1) is 0 Å². The summed E-state index contributed by atoms with van der Waals surface area (Å²) < 4.78 is 0. The van der Waals surface area contributed by atoms with Crippen molar-refractivity contribution in [3.63, 3.8) is 0 Å². The van der Waals surface area contributed by atoms with Crippen molar-refractivity contribution in [2.45, 2.75) is 31.0 Å². The SMILES string of the molecule is Cc1cccc(C(Br)c2ccc3c(c2)CCCC(=O)N3)c1. The largest absolute Gasteiger partial charge is 0.326 e. The summed E-state index contributed by atoms with van der Waals surface area (Å²) in [6.07, 6.45) is 2.48. The minimum absolute atomic E-state index is 0.121. The molecule has 21 heavy (non-hydrogen) atoms. The number of fused-ring (bicyclic) bond motifs is 1. The van der Waals surface area contributed by atoms with Gasteiger partial charge in [0.2, 0.25) is 5.91 Å². The van der Waals surface area contributed by atoms with Gasteiger partial charge in [-0.3, -0.25) is 4.79 Å². The summed E-state index contributed by atoms with van der Waals surface area (Å²) in [5.74, 6) is 0.121. The van der Waals surface area contributed by atoms with Gasteiger partial charge in [0.05, 0.1) is 4.83 Å². The minimum Gasteiger partial charge on any atom is -0.326 e. The highest BCUT2D eigenvalue weighted by atomic mass is 79.9. The molecule has 0 radical (unpaired) electrons. The van der Waals surface area contributed by atoms with Gasteiger partial charge in [-0.25, -0.2) is 0 Å². The van der Waals surface area contributed by atoms with Crippen molar-refractivity contribution in [2.24, 2.45) is 0 Å². The molecule has 0 fully saturated rings. The highest BCUT2D eigenvalue weighted by Gasteiger charge is 2.16. The molecule has 1 heterocycles. The van der Waals surface area contributed by atoms with Crippen LogP contribution in [0, 0.1) is 6.92 Å². The van der Waals surface area contributed by atoms with Crippen LogP contribution in [0.2, 0.25) is 0 Å². The van der Waals surface area contributed by atoms with Crippen LogP contribution in [-0.4, -0.2) is 5.91 Å². The molecule has 0 saturated heterocycles. The predicted molar refractivity (Wildman–Crippen MR) is 90.0 cm³/mol. The Hall–Kier alpha value is -1.61. The Bertz CT molecular complexity index is 681. The molecule has 0 saturated carbocycles. The molecule has 0 aliphatic carbocycles. The second-order valence-corrected chi connectivity index (χ2v) is 6.51. The maximum absolute atomic E-state index is 11.6. The van der Waals surface area contributed by atoms with Crippen LogP contribution >= 0.6 is 15.9 Å². The van der Waals surface area contributed by atoms with Gasteiger partial charge in [0, 0.05) is 12.1 Å². The van der Waals surface area contributed by atoms with Crippen molar-refractivity contribution in [1.82, 2.24) is 0 Å². The molecule has 1 atom stereocenters. The molecule has 1 aliphatic rings. The number of aryl methyl sites for hydroxylation is 2. The van der Waals surface area contributed by atoms with Crippen LogP contribution in [0.25, 0.3) is 0 Å². The van der Waals surface area contributed by atoms with Gasteiger partial charge in [0.1, 0.15) is 0 Å². The number of halogens is 1. The van der Waals surface area contributed by atoms with Crippen molar-refractivity contribution in [1.29, 1.82) is 0 Å². The molecule has 2 aromatic rings. The minimum atomic E-state index is 0.121. The lowest BCUT2D eigenvalue weighted by Crippen LogP contribution is -2.09. The molecule has 1 aliphatic heterocycles. The van der Waals surface area contributed by atoms with E-state index in [9.17, 15) is 4.79 Å². The van der Waals surface area contributed by atoms with Gasteiger partial charge in [-0.05, 0) is 42.5 Å². The lowest BCUT2D eigenvalue weighted by atomic mass is 9.99. The Kier molecular flexibility index (Phi) is 4.11. The first-order chi connectivity index (χ1) is 10.1. The van der Waals surface area contributed by atoms with E-state index in [1.165, 1.54) is 22.3 Å². The molecule has 1 amide bonds. The zero-order chi connectivity index (χ0) is 14.8. The molecule has 0 spiro atoms. The molecule has 3 rings (SSSR count). The average molecular weight is 344 g/mol. The fourth-order valence-corrected chi connectivity index (χ4v) is 3.34. The first kappa shape index (κ1) is 14.3. The van der Waals surface area contributed by atoms with E-state index in [1.54, 1.807) is 0 Å².